The minimum absolute atomic E-state index is 0.207. The van der Waals surface area contributed by atoms with Crippen LogP contribution in [0.15, 0.2) is 0 Å². The highest BCUT2D eigenvalue weighted by Gasteiger charge is 2.24. The van der Waals surface area contributed by atoms with Gasteiger partial charge in [0.2, 0.25) is 0 Å². The highest BCUT2D eigenvalue weighted by Crippen LogP contribution is 2.43. The molecule has 0 saturated heterocycles. The number of fused-ring (bicyclic) bond motifs is 1. The third-order valence-corrected chi connectivity index (χ3v) is 5.55. The van der Waals surface area contributed by atoms with Gasteiger partial charge in [-0.3, -0.25) is 0 Å². The van der Waals surface area contributed by atoms with E-state index in [1.54, 1.807) is 5.56 Å². The molecule has 0 nitrogen and oxygen atoms in total. The second-order valence-corrected chi connectivity index (χ2v) is 7.71. The summed E-state index contributed by atoms with van der Waals surface area (Å²) in [6.07, 6.45) is 0. The van der Waals surface area contributed by atoms with Crippen molar-refractivity contribution >= 4 is 21.4 Å². The van der Waals surface area contributed by atoms with E-state index in [9.17, 15) is 0 Å². The van der Waals surface area contributed by atoms with E-state index in [1.807, 2.05) is 11.3 Å². The van der Waals surface area contributed by atoms with Crippen LogP contribution in [0.3, 0.4) is 0 Å². The summed E-state index contributed by atoms with van der Waals surface area (Å²) in [7, 11) is 0. The Labute approximate surface area is 115 Å². The molecule has 0 radical (unpaired) electrons. The molecule has 0 atom stereocenters. The van der Waals surface area contributed by atoms with E-state index in [0.717, 1.165) is 0 Å². The first kappa shape index (κ1) is 13.6. The van der Waals surface area contributed by atoms with E-state index in [2.05, 4.69) is 55.4 Å². The fourth-order valence-electron chi connectivity index (χ4n) is 2.96. The van der Waals surface area contributed by atoms with Gasteiger partial charge in [0.25, 0.3) is 0 Å². The fraction of sp³-hybridized carbons (Fsp3) is 0.529. The van der Waals surface area contributed by atoms with Gasteiger partial charge in [-0.05, 0) is 73.2 Å². The van der Waals surface area contributed by atoms with E-state index in [1.165, 1.54) is 37.2 Å². The lowest BCUT2D eigenvalue weighted by molar-refractivity contribution is 0.591. The second kappa shape index (κ2) is 4.09. The Morgan fingerprint density at radius 2 is 1.28 bits per heavy atom. The zero-order chi connectivity index (χ0) is 13.8. The molecule has 2 rings (SSSR count). The standard InChI is InChI=1S/C17H24S/c1-9-10(2)15(17(6,7)8)14-12(4)13(5)18-16(14)11(9)3/h1-8H3. The minimum atomic E-state index is 0.207. The minimum Gasteiger partial charge on any atom is -0.140 e. The summed E-state index contributed by atoms with van der Waals surface area (Å²) in [4.78, 5) is 1.46. The Morgan fingerprint density at radius 3 is 1.78 bits per heavy atom. The maximum atomic E-state index is 2.33. The maximum Gasteiger partial charge on any atom is 0.0383 e. The van der Waals surface area contributed by atoms with Gasteiger partial charge in [-0.1, -0.05) is 20.8 Å². The predicted octanol–water partition coefficient (Wildman–Crippen LogP) is 5.74. The number of aryl methyl sites for hydroxylation is 3. The molecule has 0 fully saturated rings. The first-order chi connectivity index (χ1) is 8.16. The van der Waals surface area contributed by atoms with Crippen LogP contribution in [0.5, 0.6) is 0 Å². The van der Waals surface area contributed by atoms with Crippen molar-refractivity contribution in [3.05, 3.63) is 32.7 Å². The molecule has 18 heavy (non-hydrogen) atoms. The van der Waals surface area contributed by atoms with Gasteiger partial charge in [-0.25, -0.2) is 0 Å². The molecule has 0 aliphatic carbocycles. The normalized spacial score (nSPS) is 12.4. The van der Waals surface area contributed by atoms with Crippen LogP contribution in [0.25, 0.3) is 10.1 Å². The van der Waals surface area contributed by atoms with Crippen LogP contribution >= 0.6 is 11.3 Å². The van der Waals surface area contributed by atoms with Crippen LogP contribution in [0.4, 0.5) is 0 Å². The van der Waals surface area contributed by atoms with Crippen molar-refractivity contribution in [1.82, 2.24) is 0 Å². The molecular formula is C17H24S. The monoisotopic (exact) mass is 260 g/mol. The molecular weight excluding hydrogens is 236 g/mol. The molecule has 98 valence electrons. The SMILES string of the molecule is Cc1sc2c(C)c(C)c(C)c(C(C)(C)C)c2c1C. The summed E-state index contributed by atoms with van der Waals surface area (Å²) in [5, 5.41) is 1.52. The molecule has 1 aromatic heterocycles. The lowest BCUT2D eigenvalue weighted by Gasteiger charge is -2.26. The number of thiophene rings is 1. The molecule has 0 amide bonds. The Bertz CT molecular complexity index is 622. The Hall–Kier alpha value is -0.820. The second-order valence-electron chi connectivity index (χ2n) is 6.49. The molecule has 1 heterocycles. The van der Waals surface area contributed by atoms with Gasteiger partial charge in [0, 0.05) is 9.58 Å². The molecule has 0 unspecified atom stereocenters. The van der Waals surface area contributed by atoms with E-state index in [0.29, 0.717) is 0 Å². The number of hydrogen-bond acceptors (Lipinski definition) is 1. The van der Waals surface area contributed by atoms with Crippen molar-refractivity contribution in [3.63, 3.8) is 0 Å². The van der Waals surface area contributed by atoms with Crippen LogP contribution in [0.1, 0.15) is 53.5 Å². The van der Waals surface area contributed by atoms with Crippen LogP contribution < -0.4 is 0 Å². The zero-order valence-corrected chi connectivity index (χ0v) is 13.7. The number of benzene rings is 1. The van der Waals surface area contributed by atoms with E-state index >= 15 is 0 Å². The summed E-state index contributed by atoms with van der Waals surface area (Å²) in [5.41, 5.74) is 7.64. The van der Waals surface area contributed by atoms with Crippen LogP contribution in [0.2, 0.25) is 0 Å². The van der Waals surface area contributed by atoms with Crippen molar-refractivity contribution in [3.8, 4) is 0 Å². The predicted molar refractivity (Wildman–Crippen MR) is 84.2 cm³/mol. The average molecular weight is 260 g/mol. The molecule has 0 aliphatic heterocycles. The van der Waals surface area contributed by atoms with Gasteiger partial charge < -0.3 is 0 Å². The topological polar surface area (TPSA) is 0 Å². The maximum absolute atomic E-state index is 2.33. The summed E-state index contributed by atoms with van der Waals surface area (Å²) in [6, 6.07) is 0. The van der Waals surface area contributed by atoms with E-state index < -0.39 is 0 Å². The van der Waals surface area contributed by atoms with Gasteiger partial charge in [-0.15, -0.1) is 11.3 Å². The van der Waals surface area contributed by atoms with Crippen molar-refractivity contribution in [1.29, 1.82) is 0 Å². The largest absolute Gasteiger partial charge is 0.140 e. The molecule has 1 aromatic carbocycles. The van der Waals surface area contributed by atoms with Gasteiger partial charge in [0.15, 0.2) is 0 Å². The van der Waals surface area contributed by atoms with Crippen molar-refractivity contribution in [2.45, 2.75) is 60.8 Å². The van der Waals surface area contributed by atoms with E-state index in [-0.39, 0.29) is 5.41 Å². The van der Waals surface area contributed by atoms with Gasteiger partial charge in [0.1, 0.15) is 0 Å². The summed E-state index contributed by atoms with van der Waals surface area (Å²) < 4.78 is 1.50. The lowest BCUT2D eigenvalue weighted by atomic mass is 9.78. The molecule has 2 aromatic rings. The van der Waals surface area contributed by atoms with Crippen LogP contribution in [-0.4, -0.2) is 0 Å². The smallest absolute Gasteiger partial charge is 0.0383 e. The highest BCUT2D eigenvalue weighted by atomic mass is 32.1. The first-order valence-corrected chi connectivity index (χ1v) is 7.47. The van der Waals surface area contributed by atoms with Gasteiger partial charge >= 0.3 is 0 Å². The first-order valence-electron chi connectivity index (χ1n) is 6.66. The van der Waals surface area contributed by atoms with Crippen LogP contribution in [0, 0.1) is 34.6 Å². The highest BCUT2D eigenvalue weighted by molar-refractivity contribution is 7.19. The quantitative estimate of drug-likeness (QED) is 0.566. The number of rotatable bonds is 0. The van der Waals surface area contributed by atoms with Crippen molar-refractivity contribution in [2.24, 2.45) is 0 Å². The van der Waals surface area contributed by atoms with Gasteiger partial charge in [0.05, 0.1) is 0 Å². The lowest BCUT2D eigenvalue weighted by Crippen LogP contribution is -2.15. The van der Waals surface area contributed by atoms with Crippen LogP contribution in [-0.2, 0) is 5.41 Å². The average Bonchev–Trinajstić information content (AvgIpc) is 2.52. The Morgan fingerprint density at radius 1 is 0.722 bits per heavy atom. The third kappa shape index (κ3) is 1.80. The molecule has 0 N–H and O–H groups in total. The van der Waals surface area contributed by atoms with Gasteiger partial charge in [-0.2, -0.15) is 0 Å². The fourth-order valence-corrected chi connectivity index (χ4v) is 4.18. The Balaban J connectivity index is 3.09. The Kier molecular flexibility index (Phi) is 3.09. The molecule has 0 bridgehead atoms. The molecule has 0 saturated carbocycles. The molecule has 1 heteroatoms. The van der Waals surface area contributed by atoms with E-state index in [4.69, 9.17) is 0 Å². The van der Waals surface area contributed by atoms with Crippen molar-refractivity contribution < 1.29 is 0 Å². The number of hydrogen-bond donors (Lipinski definition) is 0. The third-order valence-electron chi connectivity index (χ3n) is 4.23. The summed E-state index contributed by atoms with van der Waals surface area (Å²) in [5.74, 6) is 0. The molecule has 0 spiro atoms. The summed E-state index contributed by atoms with van der Waals surface area (Å²) >= 11 is 1.96. The molecule has 0 aliphatic rings. The van der Waals surface area contributed by atoms with Crippen molar-refractivity contribution in [2.75, 3.05) is 0 Å². The zero-order valence-electron chi connectivity index (χ0n) is 12.9. The summed E-state index contributed by atoms with van der Waals surface area (Å²) in [6.45, 7) is 18.3.